The Labute approximate surface area is 111 Å². The summed E-state index contributed by atoms with van der Waals surface area (Å²) in [5.74, 6) is -0.807. The van der Waals surface area contributed by atoms with Gasteiger partial charge in [0, 0.05) is 11.8 Å². The zero-order valence-corrected chi connectivity index (χ0v) is 10.6. The van der Waals surface area contributed by atoms with E-state index in [1.807, 2.05) is 6.07 Å². The minimum Gasteiger partial charge on any atom is -0.289 e. The van der Waals surface area contributed by atoms with Crippen molar-refractivity contribution in [1.82, 2.24) is 4.98 Å². The van der Waals surface area contributed by atoms with Crippen molar-refractivity contribution >= 4 is 21.7 Å². The molecule has 2 aromatic rings. The van der Waals surface area contributed by atoms with Crippen molar-refractivity contribution in [3.05, 3.63) is 63.6 Å². The van der Waals surface area contributed by atoms with Gasteiger partial charge in [0.05, 0.1) is 10.0 Å². The van der Waals surface area contributed by atoms with Crippen LogP contribution in [0.5, 0.6) is 0 Å². The highest BCUT2D eigenvalue weighted by Crippen LogP contribution is 2.19. The average molecular weight is 305 g/mol. The summed E-state index contributed by atoms with van der Waals surface area (Å²) >= 11 is 3.01. The fourth-order valence-corrected chi connectivity index (χ4v) is 1.85. The number of ketones is 1. The first kappa shape index (κ1) is 12.4. The predicted octanol–water partition coefficient (Wildman–Crippen LogP) is 3.09. The molecular formula is C13H6BrFN2O. The summed E-state index contributed by atoms with van der Waals surface area (Å²) in [5.41, 5.74) is 0.564. The Morgan fingerprint density at radius 2 is 2.17 bits per heavy atom. The van der Waals surface area contributed by atoms with E-state index < -0.39 is 5.82 Å². The molecule has 5 heteroatoms. The van der Waals surface area contributed by atoms with Crippen molar-refractivity contribution in [3.8, 4) is 6.07 Å². The number of hydrogen-bond donors (Lipinski definition) is 0. The van der Waals surface area contributed by atoms with Crippen molar-refractivity contribution in [2.75, 3.05) is 0 Å². The Morgan fingerprint density at radius 3 is 2.83 bits per heavy atom. The molecule has 0 aliphatic carbocycles. The molecule has 0 aliphatic rings. The molecule has 0 N–H and O–H groups in total. The number of rotatable bonds is 2. The lowest BCUT2D eigenvalue weighted by atomic mass is 10.0. The van der Waals surface area contributed by atoms with Gasteiger partial charge in [-0.2, -0.15) is 5.26 Å². The molecule has 0 aliphatic heterocycles. The molecule has 3 nitrogen and oxygen atoms in total. The van der Waals surface area contributed by atoms with Gasteiger partial charge in [-0.25, -0.2) is 9.37 Å². The normalized spacial score (nSPS) is 9.83. The smallest absolute Gasteiger partial charge is 0.195 e. The van der Waals surface area contributed by atoms with Crippen molar-refractivity contribution in [2.24, 2.45) is 0 Å². The van der Waals surface area contributed by atoms with Crippen LogP contribution in [-0.2, 0) is 0 Å². The van der Waals surface area contributed by atoms with Gasteiger partial charge in [0.1, 0.15) is 11.9 Å². The molecule has 2 rings (SSSR count). The number of halogens is 2. The number of carbonyl (C=O) groups is 1. The molecule has 0 spiro atoms. The topological polar surface area (TPSA) is 53.8 Å². The maximum Gasteiger partial charge on any atom is 0.195 e. The molecule has 0 unspecified atom stereocenters. The fourth-order valence-electron chi connectivity index (χ4n) is 1.47. The van der Waals surface area contributed by atoms with Crippen LogP contribution < -0.4 is 0 Å². The van der Waals surface area contributed by atoms with Gasteiger partial charge >= 0.3 is 0 Å². The molecule has 88 valence electrons. The first-order valence-electron chi connectivity index (χ1n) is 4.98. The number of hydrogen-bond acceptors (Lipinski definition) is 3. The summed E-state index contributed by atoms with van der Waals surface area (Å²) in [6.07, 6.45) is 1.44. The van der Waals surface area contributed by atoms with Crippen LogP contribution in [0.25, 0.3) is 0 Å². The second-order valence-electron chi connectivity index (χ2n) is 3.47. The number of nitriles is 1. The quantitative estimate of drug-likeness (QED) is 0.801. The van der Waals surface area contributed by atoms with Crippen LogP contribution in [0.3, 0.4) is 0 Å². The van der Waals surface area contributed by atoms with Crippen LogP contribution in [0.15, 0.2) is 41.0 Å². The van der Waals surface area contributed by atoms with Gasteiger partial charge < -0.3 is 0 Å². The van der Waals surface area contributed by atoms with Crippen LogP contribution >= 0.6 is 15.9 Å². The van der Waals surface area contributed by atoms with E-state index in [1.165, 1.54) is 30.5 Å². The maximum atomic E-state index is 13.1. The summed E-state index contributed by atoms with van der Waals surface area (Å²) in [5, 5.41) is 8.88. The van der Waals surface area contributed by atoms with Crippen LogP contribution in [0.2, 0.25) is 0 Å². The molecule has 0 fully saturated rings. The third-order valence-electron chi connectivity index (χ3n) is 2.34. The minimum atomic E-state index is -0.446. The van der Waals surface area contributed by atoms with Gasteiger partial charge in [0.2, 0.25) is 0 Å². The number of nitrogens with zero attached hydrogens (tertiary/aromatic N) is 2. The zero-order valence-electron chi connectivity index (χ0n) is 9.02. The second kappa shape index (κ2) is 5.07. The van der Waals surface area contributed by atoms with E-state index in [2.05, 4.69) is 20.9 Å². The van der Waals surface area contributed by atoms with Gasteiger partial charge in [0.15, 0.2) is 11.5 Å². The molecule has 0 saturated carbocycles. The second-order valence-corrected chi connectivity index (χ2v) is 4.32. The largest absolute Gasteiger partial charge is 0.289 e. The lowest BCUT2D eigenvalue weighted by molar-refractivity contribution is 0.103. The van der Waals surface area contributed by atoms with E-state index in [0.717, 1.165) is 0 Å². The van der Waals surface area contributed by atoms with Gasteiger partial charge in [-0.1, -0.05) is 0 Å². The minimum absolute atomic E-state index is 0.0583. The fraction of sp³-hybridized carbons (Fsp3) is 0. The first-order valence-corrected chi connectivity index (χ1v) is 5.77. The van der Waals surface area contributed by atoms with E-state index in [4.69, 9.17) is 5.26 Å². The lowest BCUT2D eigenvalue weighted by Gasteiger charge is -2.03. The highest BCUT2D eigenvalue weighted by Gasteiger charge is 2.15. The number of carbonyl (C=O) groups excluding carboxylic acids is 1. The summed E-state index contributed by atoms with van der Waals surface area (Å²) in [6.45, 7) is 0. The molecule has 0 bridgehead atoms. The third kappa shape index (κ3) is 2.29. The van der Waals surface area contributed by atoms with Gasteiger partial charge in [0.25, 0.3) is 0 Å². The summed E-state index contributed by atoms with van der Waals surface area (Å²) < 4.78 is 13.3. The molecular weight excluding hydrogens is 299 g/mol. The molecule has 0 radical (unpaired) electrons. The molecule has 1 aromatic carbocycles. The Hall–Kier alpha value is -2.06. The number of benzene rings is 1. The highest BCUT2D eigenvalue weighted by atomic mass is 79.9. The SMILES string of the molecule is N#Cc1ncccc1C(=O)c1ccc(F)c(Br)c1. The van der Waals surface area contributed by atoms with Crippen molar-refractivity contribution < 1.29 is 9.18 Å². The van der Waals surface area contributed by atoms with E-state index in [-0.39, 0.29) is 21.5 Å². The van der Waals surface area contributed by atoms with Crippen LogP contribution in [-0.4, -0.2) is 10.8 Å². The van der Waals surface area contributed by atoms with Gasteiger partial charge in [-0.15, -0.1) is 0 Å². The Balaban J connectivity index is 2.49. The van der Waals surface area contributed by atoms with Crippen LogP contribution in [0, 0.1) is 17.1 Å². The Bertz CT molecular complexity index is 664. The predicted molar refractivity (Wildman–Crippen MR) is 66.5 cm³/mol. The average Bonchev–Trinajstić information content (AvgIpc) is 2.41. The number of aromatic nitrogens is 1. The van der Waals surface area contributed by atoms with Gasteiger partial charge in [-0.3, -0.25) is 4.79 Å². The summed E-state index contributed by atoms with van der Waals surface area (Å²) in [6, 6.07) is 8.90. The summed E-state index contributed by atoms with van der Waals surface area (Å²) in [7, 11) is 0. The van der Waals surface area contributed by atoms with Crippen LogP contribution in [0.4, 0.5) is 4.39 Å². The first-order chi connectivity index (χ1) is 8.63. The van der Waals surface area contributed by atoms with E-state index in [9.17, 15) is 9.18 Å². The molecule has 0 saturated heterocycles. The van der Waals surface area contributed by atoms with Crippen LogP contribution in [0.1, 0.15) is 21.6 Å². The highest BCUT2D eigenvalue weighted by molar-refractivity contribution is 9.10. The molecule has 1 heterocycles. The van der Waals surface area contributed by atoms with Crippen molar-refractivity contribution in [2.45, 2.75) is 0 Å². The van der Waals surface area contributed by atoms with Crippen molar-refractivity contribution in [1.29, 1.82) is 5.26 Å². The monoisotopic (exact) mass is 304 g/mol. The number of pyridine rings is 1. The molecule has 0 amide bonds. The molecule has 1 aromatic heterocycles. The Kier molecular flexibility index (Phi) is 3.49. The van der Waals surface area contributed by atoms with Crippen molar-refractivity contribution in [3.63, 3.8) is 0 Å². The molecule has 18 heavy (non-hydrogen) atoms. The van der Waals surface area contributed by atoms with E-state index in [0.29, 0.717) is 5.56 Å². The molecule has 0 atom stereocenters. The third-order valence-corrected chi connectivity index (χ3v) is 2.95. The lowest BCUT2D eigenvalue weighted by Crippen LogP contribution is -2.05. The van der Waals surface area contributed by atoms with E-state index >= 15 is 0 Å². The summed E-state index contributed by atoms with van der Waals surface area (Å²) in [4.78, 5) is 16.0. The van der Waals surface area contributed by atoms with E-state index in [1.54, 1.807) is 6.07 Å². The van der Waals surface area contributed by atoms with Gasteiger partial charge in [-0.05, 0) is 46.3 Å². The maximum absolute atomic E-state index is 13.1. The zero-order chi connectivity index (χ0) is 13.1. The Morgan fingerprint density at radius 1 is 1.39 bits per heavy atom. The standard InChI is InChI=1S/C13H6BrFN2O/c14-10-6-8(3-4-11(10)15)13(18)9-2-1-5-17-12(9)7-16/h1-6H.